The van der Waals surface area contributed by atoms with Gasteiger partial charge >= 0.3 is 0 Å². The van der Waals surface area contributed by atoms with E-state index < -0.39 is 0 Å². The summed E-state index contributed by atoms with van der Waals surface area (Å²) in [7, 11) is 1.59. The monoisotopic (exact) mass is 347 g/mol. The van der Waals surface area contributed by atoms with E-state index in [1.165, 1.54) is 11.1 Å². The summed E-state index contributed by atoms with van der Waals surface area (Å²) in [5, 5.41) is 6.09. The topological polar surface area (TPSA) is 63.2 Å². The molecule has 0 bridgehead atoms. The van der Waals surface area contributed by atoms with Crippen LogP contribution in [0.4, 0.5) is 17.2 Å². The number of hydrogen-bond donors (Lipinski definition) is 2. The summed E-state index contributed by atoms with van der Waals surface area (Å²) in [6.07, 6.45) is 1.63. The first-order valence-electron chi connectivity index (χ1n) is 8.31. The maximum atomic E-state index is 12.3. The number of carbonyl (C=O) groups excluding carboxylic acids is 1. The molecule has 3 rings (SSSR count). The van der Waals surface area contributed by atoms with Gasteiger partial charge in [0.1, 0.15) is 11.6 Å². The van der Waals surface area contributed by atoms with Gasteiger partial charge < -0.3 is 15.4 Å². The lowest BCUT2D eigenvalue weighted by Crippen LogP contribution is -2.12. The Kier molecular flexibility index (Phi) is 5.17. The molecule has 0 saturated carbocycles. The number of benzene rings is 2. The second kappa shape index (κ2) is 7.70. The summed E-state index contributed by atoms with van der Waals surface area (Å²) >= 11 is 0. The Balaban J connectivity index is 1.65. The van der Waals surface area contributed by atoms with Gasteiger partial charge in [0.15, 0.2) is 0 Å². The van der Waals surface area contributed by atoms with Crippen LogP contribution in [0.25, 0.3) is 0 Å². The average Bonchev–Trinajstić information content (AvgIpc) is 2.66. The van der Waals surface area contributed by atoms with E-state index in [0.29, 0.717) is 17.0 Å². The van der Waals surface area contributed by atoms with E-state index in [1.807, 2.05) is 18.2 Å². The SMILES string of the molecule is COc1ccc(C(=O)Nc2ccc(Nc3ccc(C)c(C)c3)nc2)cc1. The zero-order valence-electron chi connectivity index (χ0n) is 15.0. The van der Waals surface area contributed by atoms with Gasteiger partial charge in [-0.2, -0.15) is 0 Å². The molecule has 3 aromatic rings. The molecule has 5 nitrogen and oxygen atoms in total. The van der Waals surface area contributed by atoms with Crippen molar-refractivity contribution in [3.05, 3.63) is 77.5 Å². The molecule has 0 fully saturated rings. The van der Waals surface area contributed by atoms with Crippen LogP contribution in [-0.2, 0) is 0 Å². The number of ether oxygens (including phenoxy) is 1. The number of amides is 1. The Morgan fingerprint density at radius 2 is 1.65 bits per heavy atom. The van der Waals surface area contributed by atoms with Gasteiger partial charge in [-0.25, -0.2) is 4.98 Å². The molecular formula is C21H21N3O2. The predicted molar refractivity (Wildman–Crippen MR) is 104 cm³/mol. The highest BCUT2D eigenvalue weighted by molar-refractivity contribution is 6.04. The van der Waals surface area contributed by atoms with Crippen LogP contribution >= 0.6 is 0 Å². The maximum Gasteiger partial charge on any atom is 0.255 e. The van der Waals surface area contributed by atoms with E-state index in [2.05, 4.69) is 41.6 Å². The van der Waals surface area contributed by atoms with Crippen molar-refractivity contribution in [1.29, 1.82) is 0 Å². The molecule has 26 heavy (non-hydrogen) atoms. The molecule has 0 aliphatic heterocycles. The van der Waals surface area contributed by atoms with Gasteiger partial charge in [0.05, 0.1) is 19.0 Å². The molecule has 2 aromatic carbocycles. The Bertz CT molecular complexity index is 904. The summed E-state index contributed by atoms with van der Waals surface area (Å²) in [4.78, 5) is 16.6. The zero-order valence-corrected chi connectivity index (χ0v) is 15.0. The Morgan fingerprint density at radius 3 is 2.27 bits per heavy atom. The molecule has 5 heteroatoms. The molecule has 1 heterocycles. The van der Waals surface area contributed by atoms with E-state index in [1.54, 1.807) is 37.6 Å². The van der Waals surface area contributed by atoms with Crippen molar-refractivity contribution < 1.29 is 9.53 Å². The third-order valence-electron chi connectivity index (χ3n) is 4.15. The van der Waals surface area contributed by atoms with Gasteiger partial charge in [0.25, 0.3) is 5.91 Å². The van der Waals surface area contributed by atoms with Crippen molar-refractivity contribution in [3.63, 3.8) is 0 Å². The minimum absolute atomic E-state index is 0.190. The van der Waals surface area contributed by atoms with Crippen molar-refractivity contribution in [2.75, 3.05) is 17.7 Å². The van der Waals surface area contributed by atoms with E-state index in [-0.39, 0.29) is 5.91 Å². The van der Waals surface area contributed by atoms with Crippen molar-refractivity contribution in [1.82, 2.24) is 4.98 Å². The Labute approximate surface area is 153 Å². The predicted octanol–water partition coefficient (Wildman–Crippen LogP) is 4.70. The van der Waals surface area contributed by atoms with Gasteiger partial charge in [-0.05, 0) is 73.5 Å². The first-order valence-corrected chi connectivity index (χ1v) is 8.31. The van der Waals surface area contributed by atoms with Crippen LogP contribution in [-0.4, -0.2) is 18.0 Å². The molecule has 2 N–H and O–H groups in total. The summed E-state index contributed by atoms with van der Waals surface area (Å²) in [6.45, 7) is 4.16. The lowest BCUT2D eigenvalue weighted by molar-refractivity contribution is 0.102. The largest absolute Gasteiger partial charge is 0.497 e. The van der Waals surface area contributed by atoms with Crippen molar-refractivity contribution in [2.24, 2.45) is 0 Å². The number of aromatic nitrogens is 1. The molecule has 0 aliphatic rings. The quantitative estimate of drug-likeness (QED) is 0.702. The molecular weight excluding hydrogens is 326 g/mol. The molecule has 132 valence electrons. The van der Waals surface area contributed by atoms with E-state index in [4.69, 9.17) is 4.74 Å². The van der Waals surface area contributed by atoms with Gasteiger partial charge in [0, 0.05) is 11.3 Å². The van der Waals surface area contributed by atoms with E-state index in [9.17, 15) is 4.79 Å². The van der Waals surface area contributed by atoms with Crippen molar-refractivity contribution in [3.8, 4) is 5.75 Å². The summed E-state index contributed by atoms with van der Waals surface area (Å²) in [6, 6.07) is 16.8. The van der Waals surface area contributed by atoms with E-state index in [0.717, 1.165) is 11.5 Å². The molecule has 0 radical (unpaired) electrons. The second-order valence-electron chi connectivity index (χ2n) is 6.04. The number of nitrogens with one attached hydrogen (secondary N) is 2. The van der Waals surface area contributed by atoms with Crippen molar-refractivity contribution in [2.45, 2.75) is 13.8 Å². The second-order valence-corrected chi connectivity index (χ2v) is 6.04. The molecule has 0 unspecified atom stereocenters. The molecule has 0 aliphatic carbocycles. The minimum atomic E-state index is -0.190. The van der Waals surface area contributed by atoms with Crippen molar-refractivity contribution >= 4 is 23.1 Å². The highest BCUT2D eigenvalue weighted by atomic mass is 16.5. The molecule has 0 spiro atoms. The van der Waals surface area contributed by atoms with Gasteiger partial charge in [-0.15, -0.1) is 0 Å². The minimum Gasteiger partial charge on any atom is -0.497 e. The number of carbonyl (C=O) groups is 1. The Morgan fingerprint density at radius 1 is 0.923 bits per heavy atom. The summed E-state index contributed by atoms with van der Waals surface area (Å²) in [5.41, 5.74) is 4.65. The smallest absolute Gasteiger partial charge is 0.255 e. The van der Waals surface area contributed by atoms with Gasteiger partial charge in [-0.1, -0.05) is 6.07 Å². The number of hydrogen-bond acceptors (Lipinski definition) is 4. The lowest BCUT2D eigenvalue weighted by Gasteiger charge is -2.09. The van der Waals surface area contributed by atoms with Crippen LogP contribution in [0.3, 0.4) is 0 Å². The van der Waals surface area contributed by atoms with Crippen LogP contribution in [0.15, 0.2) is 60.8 Å². The molecule has 0 saturated heterocycles. The fourth-order valence-electron chi connectivity index (χ4n) is 2.45. The first-order chi connectivity index (χ1) is 12.5. The molecule has 0 atom stereocenters. The van der Waals surface area contributed by atoms with Crippen LogP contribution in [0.1, 0.15) is 21.5 Å². The van der Waals surface area contributed by atoms with Crippen LogP contribution < -0.4 is 15.4 Å². The fraction of sp³-hybridized carbons (Fsp3) is 0.143. The number of aryl methyl sites for hydroxylation is 2. The number of anilines is 3. The zero-order chi connectivity index (χ0) is 18.5. The highest BCUT2D eigenvalue weighted by Gasteiger charge is 2.07. The summed E-state index contributed by atoms with van der Waals surface area (Å²) < 4.78 is 5.09. The number of methoxy groups -OCH3 is 1. The normalized spacial score (nSPS) is 10.3. The average molecular weight is 347 g/mol. The molecule has 1 amide bonds. The molecule has 1 aromatic heterocycles. The number of pyridine rings is 1. The third-order valence-corrected chi connectivity index (χ3v) is 4.15. The van der Waals surface area contributed by atoms with E-state index >= 15 is 0 Å². The lowest BCUT2D eigenvalue weighted by atomic mass is 10.1. The fourth-order valence-corrected chi connectivity index (χ4v) is 2.45. The van der Waals surface area contributed by atoms with Crippen LogP contribution in [0.5, 0.6) is 5.75 Å². The maximum absolute atomic E-state index is 12.3. The number of rotatable bonds is 5. The van der Waals surface area contributed by atoms with Crippen LogP contribution in [0, 0.1) is 13.8 Å². The van der Waals surface area contributed by atoms with Gasteiger partial charge in [-0.3, -0.25) is 4.79 Å². The number of nitrogens with zero attached hydrogens (tertiary/aromatic N) is 1. The highest BCUT2D eigenvalue weighted by Crippen LogP contribution is 2.20. The van der Waals surface area contributed by atoms with Crippen LogP contribution in [0.2, 0.25) is 0 Å². The standard InChI is InChI=1S/C21H21N3O2/c1-14-4-7-17(12-15(14)2)23-20-11-8-18(13-22-20)24-21(25)16-5-9-19(26-3)10-6-16/h4-13H,1-3H3,(H,22,23)(H,24,25). The van der Waals surface area contributed by atoms with Gasteiger partial charge in [0.2, 0.25) is 0 Å². The Hall–Kier alpha value is -3.34. The first kappa shape index (κ1) is 17.5. The summed E-state index contributed by atoms with van der Waals surface area (Å²) in [5.74, 6) is 1.24. The third kappa shape index (κ3) is 4.19.